The summed E-state index contributed by atoms with van der Waals surface area (Å²) in [6.45, 7) is 1.68. The summed E-state index contributed by atoms with van der Waals surface area (Å²) < 4.78 is 33.6. The first kappa shape index (κ1) is 19.5. The minimum atomic E-state index is -1.01. The molecular weight excluding hydrogens is 396 g/mol. The average molecular weight is 415 g/mol. The lowest BCUT2D eigenvalue weighted by atomic mass is 9.72. The van der Waals surface area contributed by atoms with Gasteiger partial charge in [-0.25, -0.2) is 13.6 Å². The van der Waals surface area contributed by atoms with Gasteiger partial charge in [0.1, 0.15) is 11.6 Å². The molecule has 2 heterocycles. The molecule has 0 amide bonds. The molecule has 0 bridgehead atoms. The first-order chi connectivity index (χ1) is 13.9. The number of hydrogen-bond acceptors (Lipinski definition) is 5. The molecule has 2 aromatic rings. The number of nitrogens with one attached hydrogen (secondary N) is 1. The molecule has 2 aliphatic rings. The number of carbonyl (C=O) groups is 2. The third-order valence-corrected chi connectivity index (χ3v) is 6.48. The van der Waals surface area contributed by atoms with Crippen molar-refractivity contribution in [3.8, 4) is 0 Å². The number of ether oxygens (including phenoxy) is 1. The maximum atomic E-state index is 14.7. The highest BCUT2D eigenvalue weighted by Gasteiger charge is 2.42. The van der Waals surface area contributed by atoms with E-state index in [-0.39, 0.29) is 29.3 Å². The summed E-state index contributed by atoms with van der Waals surface area (Å²) in [5.74, 6) is -3.16. The molecule has 29 heavy (non-hydrogen) atoms. The molecule has 1 N–H and O–H groups in total. The minimum Gasteiger partial charge on any atom is -0.466 e. The van der Waals surface area contributed by atoms with Gasteiger partial charge in [-0.15, -0.1) is 11.3 Å². The van der Waals surface area contributed by atoms with Crippen molar-refractivity contribution in [2.75, 3.05) is 7.11 Å². The van der Waals surface area contributed by atoms with Gasteiger partial charge < -0.3 is 10.1 Å². The van der Waals surface area contributed by atoms with Crippen molar-refractivity contribution in [3.63, 3.8) is 0 Å². The topological polar surface area (TPSA) is 55.4 Å². The van der Waals surface area contributed by atoms with Crippen molar-refractivity contribution in [2.45, 2.75) is 31.6 Å². The SMILES string of the molecule is COC(=O)C1=C(C)NC2=C(C(=O)C[C@H](c3cccs3)C2)[C@H]1c1cc(F)ccc1F. The molecule has 1 aromatic heterocycles. The molecule has 1 aliphatic carbocycles. The predicted octanol–water partition coefficient (Wildman–Crippen LogP) is 4.56. The summed E-state index contributed by atoms with van der Waals surface area (Å²) in [6.07, 6.45) is 0.808. The van der Waals surface area contributed by atoms with Crippen LogP contribution in [0.15, 0.2) is 58.3 Å². The molecule has 0 spiro atoms. The number of rotatable bonds is 3. The summed E-state index contributed by atoms with van der Waals surface area (Å²) in [6, 6.07) is 7.00. The molecule has 4 nitrogen and oxygen atoms in total. The molecule has 4 rings (SSSR count). The van der Waals surface area contributed by atoms with Gasteiger partial charge in [0.15, 0.2) is 5.78 Å². The van der Waals surface area contributed by atoms with Gasteiger partial charge in [0, 0.05) is 39.7 Å². The number of allylic oxidation sites excluding steroid dienone is 3. The second kappa shape index (κ2) is 7.55. The zero-order valence-corrected chi connectivity index (χ0v) is 16.7. The van der Waals surface area contributed by atoms with Gasteiger partial charge in [-0.3, -0.25) is 4.79 Å². The summed E-state index contributed by atoms with van der Waals surface area (Å²) >= 11 is 1.58. The Kier molecular flexibility index (Phi) is 5.08. The van der Waals surface area contributed by atoms with Gasteiger partial charge in [-0.05, 0) is 43.0 Å². The van der Waals surface area contributed by atoms with E-state index in [0.717, 1.165) is 23.1 Å². The first-order valence-corrected chi connectivity index (χ1v) is 10.1. The van der Waals surface area contributed by atoms with Crippen molar-refractivity contribution in [1.29, 1.82) is 0 Å². The van der Waals surface area contributed by atoms with Crippen LogP contribution in [-0.2, 0) is 14.3 Å². The number of hydrogen-bond donors (Lipinski definition) is 1. The zero-order valence-electron chi connectivity index (χ0n) is 15.9. The van der Waals surface area contributed by atoms with E-state index >= 15 is 0 Å². The summed E-state index contributed by atoms with van der Waals surface area (Å²) in [4.78, 5) is 26.8. The van der Waals surface area contributed by atoms with E-state index in [1.165, 1.54) is 7.11 Å². The lowest BCUT2D eigenvalue weighted by Gasteiger charge is -2.36. The monoisotopic (exact) mass is 415 g/mol. The molecule has 7 heteroatoms. The van der Waals surface area contributed by atoms with E-state index in [1.807, 2.05) is 17.5 Å². The van der Waals surface area contributed by atoms with E-state index in [0.29, 0.717) is 23.4 Å². The molecule has 0 unspecified atom stereocenters. The van der Waals surface area contributed by atoms with Crippen LogP contribution in [0.5, 0.6) is 0 Å². The standard InChI is InChI=1S/C22H19F2NO3S/c1-11-19(22(27)28-2)20(14-10-13(23)5-6-15(14)24)21-16(25-11)8-12(9-17(21)26)18-4-3-7-29-18/h3-7,10,12,20,25H,8-9H2,1-2H3/t12-,20+/m1/s1. The summed E-state index contributed by atoms with van der Waals surface area (Å²) in [7, 11) is 1.22. The van der Waals surface area contributed by atoms with E-state index in [4.69, 9.17) is 4.74 Å². The van der Waals surface area contributed by atoms with E-state index in [9.17, 15) is 18.4 Å². The second-order valence-electron chi connectivity index (χ2n) is 7.19. The number of dihydropyridines is 1. The van der Waals surface area contributed by atoms with Crippen molar-refractivity contribution in [3.05, 3.63) is 80.3 Å². The van der Waals surface area contributed by atoms with Crippen LogP contribution in [0, 0.1) is 11.6 Å². The van der Waals surface area contributed by atoms with Crippen LogP contribution in [0.4, 0.5) is 8.78 Å². The second-order valence-corrected chi connectivity index (χ2v) is 8.17. The van der Waals surface area contributed by atoms with Crippen LogP contribution < -0.4 is 5.32 Å². The highest BCUT2D eigenvalue weighted by Crippen LogP contribution is 2.46. The number of carbonyl (C=O) groups excluding carboxylic acids is 2. The number of methoxy groups -OCH3 is 1. The summed E-state index contributed by atoms with van der Waals surface area (Å²) in [5, 5.41) is 5.13. The third-order valence-electron chi connectivity index (χ3n) is 5.45. The number of ketones is 1. The normalized spacial score (nSPS) is 21.7. The lowest BCUT2D eigenvalue weighted by molar-refractivity contribution is -0.136. The quantitative estimate of drug-likeness (QED) is 0.747. The van der Waals surface area contributed by atoms with Gasteiger partial charge in [-0.2, -0.15) is 0 Å². The largest absolute Gasteiger partial charge is 0.466 e. The third kappa shape index (κ3) is 3.40. The van der Waals surface area contributed by atoms with Gasteiger partial charge >= 0.3 is 5.97 Å². The highest BCUT2D eigenvalue weighted by molar-refractivity contribution is 7.10. The smallest absolute Gasteiger partial charge is 0.336 e. The van der Waals surface area contributed by atoms with Crippen LogP contribution in [-0.4, -0.2) is 18.9 Å². The predicted molar refractivity (Wildman–Crippen MR) is 105 cm³/mol. The maximum Gasteiger partial charge on any atom is 0.336 e. The summed E-state index contributed by atoms with van der Waals surface area (Å²) in [5.41, 5.74) is 1.52. The minimum absolute atomic E-state index is 0.0132. The van der Waals surface area contributed by atoms with Crippen molar-refractivity contribution in [1.82, 2.24) is 5.32 Å². The Labute approximate surface area is 170 Å². The Morgan fingerprint density at radius 2 is 2.03 bits per heavy atom. The van der Waals surface area contributed by atoms with Crippen LogP contribution in [0.1, 0.15) is 42.0 Å². The Morgan fingerprint density at radius 1 is 1.24 bits per heavy atom. The van der Waals surface area contributed by atoms with Crippen LogP contribution in [0.2, 0.25) is 0 Å². The van der Waals surface area contributed by atoms with Crippen molar-refractivity contribution in [2.24, 2.45) is 0 Å². The fourth-order valence-corrected chi connectivity index (χ4v) is 5.02. The van der Waals surface area contributed by atoms with Crippen LogP contribution >= 0.6 is 11.3 Å². The van der Waals surface area contributed by atoms with Gasteiger partial charge in [-0.1, -0.05) is 6.07 Å². The number of benzene rings is 1. The molecule has 0 radical (unpaired) electrons. The number of halogens is 2. The lowest BCUT2D eigenvalue weighted by Crippen LogP contribution is -2.36. The van der Waals surface area contributed by atoms with E-state index in [2.05, 4.69) is 5.32 Å². The Bertz CT molecular complexity index is 1060. The van der Waals surface area contributed by atoms with Gasteiger partial charge in [0.25, 0.3) is 0 Å². The molecule has 0 saturated heterocycles. The van der Waals surface area contributed by atoms with Crippen LogP contribution in [0.25, 0.3) is 0 Å². The molecule has 0 saturated carbocycles. The van der Waals surface area contributed by atoms with E-state index < -0.39 is 23.5 Å². The number of esters is 1. The maximum absolute atomic E-state index is 14.7. The number of Topliss-reactive ketones (excluding diaryl/α,β-unsaturated/α-hetero) is 1. The molecule has 150 valence electrons. The van der Waals surface area contributed by atoms with E-state index in [1.54, 1.807) is 18.3 Å². The molecule has 0 fully saturated rings. The fourth-order valence-electron chi connectivity index (χ4n) is 4.19. The fraction of sp³-hybridized carbons (Fsp3) is 0.273. The highest BCUT2D eigenvalue weighted by atomic mass is 32.1. The Balaban J connectivity index is 1.87. The first-order valence-electron chi connectivity index (χ1n) is 9.21. The number of thiophene rings is 1. The molecule has 1 aliphatic heterocycles. The van der Waals surface area contributed by atoms with Crippen LogP contribution in [0.3, 0.4) is 0 Å². The Morgan fingerprint density at radius 3 is 2.72 bits per heavy atom. The van der Waals surface area contributed by atoms with Crippen molar-refractivity contribution < 1.29 is 23.1 Å². The zero-order chi connectivity index (χ0) is 20.7. The molecule has 2 atom stereocenters. The van der Waals surface area contributed by atoms with Gasteiger partial charge in [0.05, 0.1) is 18.6 Å². The molecule has 1 aromatic carbocycles. The van der Waals surface area contributed by atoms with Gasteiger partial charge in [0.2, 0.25) is 0 Å². The Hall–Kier alpha value is -2.80. The average Bonchev–Trinajstić information content (AvgIpc) is 3.23. The van der Waals surface area contributed by atoms with Crippen molar-refractivity contribution >= 4 is 23.1 Å². The molecular formula is C22H19F2NO3S.